The molecule has 3 heterocycles. The van der Waals surface area contributed by atoms with E-state index in [2.05, 4.69) is 0 Å². The standard InChI is InChI=1S/C21H22ClN3O3S/c22-17-5-2-1-4-15(17)13-25-14-16(12-19(25)26)20(27)23-7-9-24(10-8-23)21(28)18-6-3-11-29-18/h1-6,11,16H,7-10,12-14H2. The van der Waals surface area contributed by atoms with Crippen molar-refractivity contribution in [1.82, 2.24) is 14.7 Å². The van der Waals surface area contributed by atoms with Gasteiger partial charge in [-0.25, -0.2) is 0 Å². The number of likely N-dealkylation sites (tertiary alicyclic amines) is 1. The molecule has 0 N–H and O–H groups in total. The van der Waals surface area contributed by atoms with Crippen molar-refractivity contribution in [3.8, 4) is 0 Å². The van der Waals surface area contributed by atoms with Gasteiger partial charge in [0.2, 0.25) is 11.8 Å². The molecule has 8 heteroatoms. The predicted molar refractivity (Wildman–Crippen MR) is 112 cm³/mol. The van der Waals surface area contributed by atoms with Gasteiger partial charge in [0.1, 0.15) is 0 Å². The van der Waals surface area contributed by atoms with Crippen LogP contribution in [0.5, 0.6) is 0 Å². The molecule has 1 atom stereocenters. The summed E-state index contributed by atoms with van der Waals surface area (Å²) in [6, 6.07) is 11.1. The van der Waals surface area contributed by atoms with Crippen LogP contribution < -0.4 is 0 Å². The smallest absolute Gasteiger partial charge is 0.264 e. The Balaban J connectivity index is 1.32. The third kappa shape index (κ3) is 4.31. The van der Waals surface area contributed by atoms with E-state index in [1.165, 1.54) is 11.3 Å². The Labute approximate surface area is 178 Å². The van der Waals surface area contributed by atoms with Crippen LogP contribution in [0.15, 0.2) is 41.8 Å². The summed E-state index contributed by atoms with van der Waals surface area (Å²) in [6.07, 6.45) is 0.234. The highest BCUT2D eigenvalue weighted by Crippen LogP contribution is 2.25. The second-order valence-electron chi connectivity index (χ2n) is 7.36. The van der Waals surface area contributed by atoms with Crippen molar-refractivity contribution in [2.75, 3.05) is 32.7 Å². The van der Waals surface area contributed by atoms with Crippen LogP contribution in [0.3, 0.4) is 0 Å². The van der Waals surface area contributed by atoms with E-state index in [0.29, 0.717) is 44.3 Å². The molecule has 2 fully saturated rings. The number of amides is 3. The molecule has 3 amide bonds. The van der Waals surface area contributed by atoms with Gasteiger partial charge < -0.3 is 14.7 Å². The molecule has 0 aliphatic carbocycles. The monoisotopic (exact) mass is 431 g/mol. The van der Waals surface area contributed by atoms with Gasteiger partial charge in [-0.3, -0.25) is 14.4 Å². The van der Waals surface area contributed by atoms with Gasteiger partial charge in [-0.15, -0.1) is 11.3 Å². The van der Waals surface area contributed by atoms with Crippen LogP contribution in [-0.2, 0) is 16.1 Å². The Bertz CT molecular complexity index is 910. The number of benzene rings is 1. The Morgan fingerprint density at radius 2 is 1.76 bits per heavy atom. The molecular weight excluding hydrogens is 410 g/mol. The maximum Gasteiger partial charge on any atom is 0.264 e. The summed E-state index contributed by atoms with van der Waals surface area (Å²) >= 11 is 7.63. The van der Waals surface area contributed by atoms with Crippen molar-refractivity contribution in [3.63, 3.8) is 0 Å². The third-order valence-corrected chi connectivity index (χ3v) is 6.72. The molecule has 2 aromatic rings. The highest BCUT2D eigenvalue weighted by Gasteiger charge is 2.37. The molecule has 2 aliphatic heterocycles. The van der Waals surface area contributed by atoms with Crippen molar-refractivity contribution in [2.45, 2.75) is 13.0 Å². The molecule has 0 radical (unpaired) electrons. The number of rotatable bonds is 4. The third-order valence-electron chi connectivity index (χ3n) is 5.49. The van der Waals surface area contributed by atoms with Crippen molar-refractivity contribution in [2.24, 2.45) is 5.92 Å². The van der Waals surface area contributed by atoms with E-state index in [1.54, 1.807) is 20.8 Å². The van der Waals surface area contributed by atoms with E-state index >= 15 is 0 Å². The normalized spacial score (nSPS) is 19.7. The molecular formula is C21H22ClN3O3S. The molecule has 2 saturated heterocycles. The van der Waals surface area contributed by atoms with Crippen molar-refractivity contribution in [3.05, 3.63) is 57.2 Å². The summed E-state index contributed by atoms with van der Waals surface area (Å²) in [5.41, 5.74) is 0.885. The Morgan fingerprint density at radius 1 is 1.03 bits per heavy atom. The Morgan fingerprint density at radius 3 is 2.45 bits per heavy atom. The molecule has 0 spiro atoms. The van der Waals surface area contributed by atoms with Crippen LogP contribution in [0.2, 0.25) is 5.02 Å². The quantitative estimate of drug-likeness (QED) is 0.747. The van der Waals surface area contributed by atoms with Crippen molar-refractivity contribution >= 4 is 40.7 Å². The summed E-state index contributed by atoms with van der Waals surface area (Å²) in [6.45, 7) is 2.89. The fourth-order valence-corrected chi connectivity index (χ4v) is 4.75. The van der Waals surface area contributed by atoms with E-state index in [-0.39, 0.29) is 30.1 Å². The number of thiophene rings is 1. The average molecular weight is 432 g/mol. The second-order valence-corrected chi connectivity index (χ2v) is 8.72. The molecule has 0 bridgehead atoms. The Hall–Kier alpha value is -2.38. The number of nitrogens with zero attached hydrogens (tertiary/aromatic N) is 3. The summed E-state index contributed by atoms with van der Waals surface area (Å²) < 4.78 is 0. The topological polar surface area (TPSA) is 60.9 Å². The molecule has 1 aromatic carbocycles. The van der Waals surface area contributed by atoms with Crippen LogP contribution in [0, 0.1) is 5.92 Å². The van der Waals surface area contributed by atoms with Crippen molar-refractivity contribution < 1.29 is 14.4 Å². The first kappa shape index (κ1) is 19.9. The van der Waals surface area contributed by atoms with Gasteiger partial charge in [0.05, 0.1) is 10.8 Å². The number of hydrogen-bond acceptors (Lipinski definition) is 4. The zero-order valence-corrected chi connectivity index (χ0v) is 17.5. The number of carbonyl (C=O) groups excluding carboxylic acids is 3. The first-order chi connectivity index (χ1) is 14.0. The van der Waals surface area contributed by atoms with Gasteiger partial charge in [0.25, 0.3) is 5.91 Å². The van der Waals surface area contributed by atoms with Gasteiger partial charge >= 0.3 is 0 Å². The molecule has 2 aliphatic rings. The van der Waals surface area contributed by atoms with Crippen LogP contribution in [0.25, 0.3) is 0 Å². The highest BCUT2D eigenvalue weighted by molar-refractivity contribution is 7.12. The van der Waals surface area contributed by atoms with E-state index in [1.807, 2.05) is 35.7 Å². The number of carbonyl (C=O) groups is 3. The van der Waals surface area contributed by atoms with Crippen LogP contribution in [0.1, 0.15) is 21.7 Å². The Kier molecular flexibility index (Phi) is 5.87. The van der Waals surface area contributed by atoms with Gasteiger partial charge in [-0.2, -0.15) is 0 Å². The summed E-state index contributed by atoms with van der Waals surface area (Å²) in [5.74, 6) is -0.323. The predicted octanol–water partition coefficient (Wildman–Crippen LogP) is 2.73. The first-order valence-corrected chi connectivity index (χ1v) is 10.9. The minimum Gasteiger partial charge on any atom is -0.339 e. The zero-order chi connectivity index (χ0) is 20.4. The lowest BCUT2D eigenvalue weighted by atomic mass is 10.1. The molecule has 29 heavy (non-hydrogen) atoms. The molecule has 1 unspecified atom stereocenters. The lowest BCUT2D eigenvalue weighted by molar-refractivity contribution is -0.137. The van der Waals surface area contributed by atoms with Gasteiger partial charge in [-0.05, 0) is 23.1 Å². The van der Waals surface area contributed by atoms with Crippen molar-refractivity contribution in [1.29, 1.82) is 0 Å². The van der Waals surface area contributed by atoms with E-state index < -0.39 is 0 Å². The SMILES string of the molecule is O=C1CC(C(=O)N2CCN(C(=O)c3cccs3)CC2)CN1Cc1ccccc1Cl. The fourth-order valence-electron chi connectivity index (χ4n) is 3.87. The minimum atomic E-state index is -0.329. The summed E-state index contributed by atoms with van der Waals surface area (Å²) in [7, 11) is 0. The zero-order valence-electron chi connectivity index (χ0n) is 15.9. The summed E-state index contributed by atoms with van der Waals surface area (Å²) in [5, 5.41) is 2.51. The molecule has 1 aromatic heterocycles. The van der Waals surface area contributed by atoms with E-state index in [0.717, 1.165) is 10.4 Å². The lowest BCUT2D eigenvalue weighted by Gasteiger charge is -2.35. The minimum absolute atomic E-state index is 0.00299. The fraction of sp³-hybridized carbons (Fsp3) is 0.381. The largest absolute Gasteiger partial charge is 0.339 e. The van der Waals surface area contributed by atoms with Gasteiger partial charge in [0, 0.05) is 50.7 Å². The average Bonchev–Trinajstić information content (AvgIpc) is 3.39. The van der Waals surface area contributed by atoms with E-state index in [9.17, 15) is 14.4 Å². The second kappa shape index (κ2) is 8.55. The first-order valence-electron chi connectivity index (χ1n) is 9.65. The van der Waals surface area contributed by atoms with Crippen LogP contribution in [0.4, 0.5) is 0 Å². The van der Waals surface area contributed by atoms with E-state index in [4.69, 9.17) is 11.6 Å². The lowest BCUT2D eigenvalue weighted by Crippen LogP contribution is -2.52. The van der Waals surface area contributed by atoms with Gasteiger partial charge in [-0.1, -0.05) is 35.9 Å². The number of hydrogen-bond donors (Lipinski definition) is 0. The van der Waals surface area contributed by atoms with Gasteiger partial charge in [0.15, 0.2) is 0 Å². The summed E-state index contributed by atoms with van der Waals surface area (Å²) in [4.78, 5) is 43.8. The molecule has 152 valence electrons. The number of piperazine rings is 1. The molecule has 6 nitrogen and oxygen atoms in total. The molecule has 4 rings (SSSR count). The number of halogens is 1. The maximum absolute atomic E-state index is 12.9. The molecule has 0 saturated carbocycles. The van der Waals surface area contributed by atoms with Crippen LogP contribution >= 0.6 is 22.9 Å². The maximum atomic E-state index is 12.9. The van der Waals surface area contributed by atoms with Crippen LogP contribution in [-0.4, -0.2) is 65.1 Å². The highest BCUT2D eigenvalue weighted by atomic mass is 35.5.